The molecule has 0 aliphatic rings. The summed E-state index contributed by atoms with van der Waals surface area (Å²) in [6, 6.07) is 15.3. The quantitative estimate of drug-likeness (QED) is 0.638. The fraction of sp³-hybridized carbons (Fsp3) is 0.333. The van der Waals surface area contributed by atoms with E-state index in [1.807, 2.05) is 42.5 Å². The van der Waals surface area contributed by atoms with Crippen LogP contribution in [0.4, 0.5) is 4.79 Å². The van der Waals surface area contributed by atoms with Gasteiger partial charge in [-0.05, 0) is 50.5 Å². The summed E-state index contributed by atoms with van der Waals surface area (Å²) in [7, 11) is -2.99. The maximum absolute atomic E-state index is 13.2. The molecule has 31 heavy (non-hydrogen) atoms. The van der Waals surface area contributed by atoms with Crippen LogP contribution in [0.2, 0.25) is 0 Å². The molecule has 0 aliphatic carbocycles. The topological polar surface area (TPSA) is 84.8 Å². The molecule has 7 heteroatoms. The summed E-state index contributed by atoms with van der Waals surface area (Å²) in [4.78, 5) is 25.7. The molecule has 0 unspecified atom stereocenters. The van der Waals surface area contributed by atoms with Gasteiger partial charge < -0.3 is 10.1 Å². The second-order valence-corrected chi connectivity index (χ2v) is 10.5. The number of rotatable bonds is 7. The molecule has 0 bridgehead atoms. The van der Waals surface area contributed by atoms with Crippen LogP contribution in [0.15, 0.2) is 76.5 Å². The van der Waals surface area contributed by atoms with Gasteiger partial charge in [0.25, 0.3) is 5.91 Å². The number of ether oxygens (including phenoxy) is 1. The molecule has 0 spiro atoms. The molecular formula is C24H30N2O4S. The predicted octanol–water partition coefficient (Wildman–Crippen LogP) is 4.53. The lowest BCUT2D eigenvalue weighted by atomic mass is 10.1. The summed E-state index contributed by atoms with van der Waals surface area (Å²) in [6.45, 7) is 8.91. The molecule has 0 fully saturated rings. The third-order valence-corrected chi connectivity index (χ3v) is 5.95. The third-order valence-electron chi connectivity index (χ3n) is 4.28. The number of amides is 2. The van der Waals surface area contributed by atoms with E-state index >= 15 is 0 Å². The monoisotopic (exact) mass is 442 g/mol. The van der Waals surface area contributed by atoms with Gasteiger partial charge in [0.05, 0.1) is 9.73 Å². The first kappa shape index (κ1) is 24.3. The van der Waals surface area contributed by atoms with Gasteiger partial charge in [-0.1, -0.05) is 48.5 Å². The van der Waals surface area contributed by atoms with E-state index in [0.29, 0.717) is 11.3 Å². The number of hydrogen-bond donors (Lipinski definition) is 1. The van der Waals surface area contributed by atoms with Gasteiger partial charge in [0, 0.05) is 17.6 Å². The molecule has 6 nitrogen and oxygen atoms in total. The lowest BCUT2D eigenvalue weighted by molar-refractivity contribution is -0.119. The zero-order valence-corrected chi connectivity index (χ0v) is 19.3. The first-order valence-corrected chi connectivity index (χ1v) is 11.9. The van der Waals surface area contributed by atoms with Gasteiger partial charge in [0.2, 0.25) is 0 Å². The second-order valence-electron chi connectivity index (χ2n) is 8.26. The Bertz CT molecular complexity index is 1030. The van der Waals surface area contributed by atoms with Gasteiger partial charge in [-0.25, -0.2) is 9.00 Å². The van der Waals surface area contributed by atoms with Gasteiger partial charge in [-0.3, -0.25) is 4.79 Å². The molecule has 2 rings (SSSR count). The Morgan fingerprint density at radius 2 is 1.71 bits per heavy atom. The summed E-state index contributed by atoms with van der Waals surface area (Å²) in [5.41, 5.74) is 1.14. The highest BCUT2D eigenvalue weighted by atomic mass is 32.2. The molecule has 1 N–H and O–H groups in total. The van der Waals surface area contributed by atoms with Crippen LogP contribution in [0.3, 0.4) is 0 Å². The third kappa shape index (κ3) is 8.02. The Morgan fingerprint density at radius 1 is 1.10 bits per heavy atom. The van der Waals surface area contributed by atoms with Crippen molar-refractivity contribution >= 4 is 21.7 Å². The van der Waals surface area contributed by atoms with E-state index in [1.54, 1.807) is 39.0 Å². The molecule has 0 heterocycles. The van der Waals surface area contributed by atoms with Crippen molar-refractivity contribution in [3.63, 3.8) is 0 Å². The summed E-state index contributed by atoms with van der Waals surface area (Å²) >= 11 is 0. The number of carbonyl (C=O) groups excluding carboxylic acids is 2. The molecule has 0 radical (unpaired) electrons. The van der Waals surface area contributed by atoms with Crippen LogP contribution in [-0.4, -0.2) is 34.1 Å². The van der Waals surface area contributed by atoms with Crippen molar-refractivity contribution in [2.45, 2.75) is 50.2 Å². The van der Waals surface area contributed by atoms with Crippen LogP contribution < -0.4 is 5.32 Å². The number of benzene rings is 2. The maximum Gasteiger partial charge on any atom is 0.408 e. The molecule has 2 aromatic carbocycles. The van der Waals surface area contributed by atoms with Crippen molar-refractivity contribution in [1.82, 2.24) is 5.32 Å². The van der Waals surface area contributed by atoms with Gasteiger partial charge >= 0.3 is 6.09 Å². The largest absolute Gasteiger partial charge is 0.444 e. The first-order chi connectivity index (χ1) is 14.5. The van der Waals surface area contributed by atoms with Crippen LogP contribution in [-0.2, 0) is 32.1 Å². The van der Waals surface area contributed by atoms with Crippen LogP contribution in [0, 0.1) is 0 Å². The number of allylic oxidation sites excluding steroid dienone is 1. The number of hydrogen-bond acceptors (Lipinski definition) is 4. The average Bonchev–Trinajstić information content (AvgIpc) is 2.67. The van der Waals surface area contributed by atoms with Crippen LogP contribution in [0.1, 0.15) is 31.9 Å². The highest BCUT2D eigenvalue weighted by Gasteiger charge is 2.25. The number of nitrogens with zero attached hydrogens (tertiary/aromatic N) is 1. The molecule has 2 atom stereocenters. The summed E-state index contributed by atoms with van der Waals surface area (Å²) in [6.07, 6.45) is 3.37. The van der Waals surface area contributed by atoms with Crippen molar-refractivity contribution in [3.05, 3.63) is 78.4 Å². The zero-order valence-electron chi connectivity index (χ0n) is 18.5. The molecule has 0 aliphatic heterocycles. The normalized spacial score (nSPS) is 14.1. The minimum absolute atomic E-state index is 0.205. The van der Waals surface area contributed by atoms with Crippen LogP contribution in [0.25, 0.3) is 0 Å². The lowest BCUT2D eigenvalue weighted by Crippen LogP contribution is -2.44. The zero-order chi connectivity index (χ0) is 23.1. The average molecular weight is 443 g/mol. The fourth-order valence-corrected chi connectivity index (χ4v) is 4.05. The van der Waals surface area contributed by atoms with Gasteiger partial charge in [-0.2, -0.15) is 4.36 Å². The van der Waals surface area contributed by atoms with Crippen LogP contribution in [0.5, 0.6) is 0 Å². The van der Waals surface area contributed by atoms with E-state index in [4.69, 9.17) is 4.74 Å². The number of carbonyl (C=O) groups is 2. The van der Waals surface area contributed by atoms with Gasteiger partial charge in [0.1, 0.15) is 11.6 Å². The molecular weight excluding hydrogens is 412 g/mol. The van der Waals surface area contributed by atoms with E-state index in [2.05, 4.69) is 16.3 Å². The lowest BCUT2D eigenvalue weighted by Gasteiger charge is -2.22. The SMILES string of the molecule is C=CCc1ccc([S@](C)(=O)=NC(=O)[C@H](Cc2ccccc2)NC(=O)OC(C)(C)C)cc1. The summed E-state index contributed by atoms with van der Waals surface area (Å²) < 4.78 is 22.5. The Labute approximate surface area is 184 Å². The number of alkyl carbamates (subject to hydrolysis) is 1. The molecule has 0 saturated carbocycles. The summed E-state index contributed by atoms with van der Waals surface area (Å²) in [5, 5.41) is 2.58. The molecule has 0 aromatic heterocycles. The maximum atomic E-state index is 13.2. The standard InChI is InChI=1S/C24H30N2O4S/c1-6-10-18-13-15-20(16-14-18)31(5,29)26-22(27)21(17-19-11-8-7-9-12-19)25-23(28)30-24(2,3)4/h6-9,11-16,21H,1,10,17H2,2-5H3,(H,25,28)/t21-,31-/m0/s1. The smallest absolute Gasteiger partial charge is 0.408 e. The van der Waals surface area contributed by atoms with Crippen molar-refractivity contribution in [2.75, 3.05) is 6.26 Å². The number of nitrogens with one attached hydrogen (secondary N) is 1. The highest BCUT2D eigenvalue weighted by molar-refractivity contribution is 7.93. The molecule has 2 amide bonds. The molecule has 0 saturated heterocycles. The van der Waals surface area contributed by atoms with Crippen molar-refractivity contribution in [3.8, 4) is 0 Å². The van der Waals surface area contributed by atoms with E-state index < -0.39 is 33.4 Å². The van der Waals surface area contributed by atoms with E-state index in [0.717, 1.165) is 11.1 Å². The van der Waals surface area contributed by atoms with E-state index in [9.17, 15) is 13.8 Å². The molecule has 166 valence electrons. The van der Waals surface area contributed by atoms with Gasteiger partial charge in [0.15, 0.2) is 0 Å². The Morgan fingerprint density at radius 3 is 2.26 bits per heavy atom. The minimum Gasteiger partial charge on any atom is -0.444 e. The second kappa shape index (κ2) is 10.4. The van der Waals surface area contributed by atoms with E-state index in [1.165, 1.54) is 6.26 Å². The van der Waals surface area contributed by atoms with Crippen LogP contribution >= 0.6 is 0 Å². The van der Waals surface area contributed by atoms with Gasteiger partial charge in [-0.15, -0.1) is 6.58 Å². The first-order valence-electron chi connectivity index (χ1n) is 9.99. The predicted molar refractivity (Wildman–Crippen MR) is 123 cm³/mol. The Hall–Kier alpha value is -2.93. The minimum atomic E-state index is -2.99. The Balaban J connectivity index is 2.30. The fourth-order valence-electron chi connectivity index (χ4n) is 2.83. The van der Waals surface area contributed by atoms with Crippen molar-refractivity contribution in [1.29, 1.82) is 0 Å². The van der Waals surface area contributed by atoms with E-state index in [-0.39, 0.29) is 6.42 Å². The Kier molecular flexibility index (Phi) is 8.16. The highest BCUT2D eigenvalue weighted by Crippen LogP contribution is 2.15. The van der Waals surface area contributed by atoms with Crippen molar-refractivity contribution in [2.24, 2.45) is 4.36 Å². The molecule has 2 aromatic rings. The summed E-state index contributed by atoms with van der Waals surface area (Å²) in [5.74, 6) is -0.669. The van der Waals surface area contributed by atoms with Crippen molar-refractivity contribution < 1.29 is 18.5 Å².